The van der Waals surface area contributed by atoms with Gasteiger partial charge in [0.1, 0.15) is 0 Å². The van der Waals surface area contributed by atoms with Gasteiger partial charge in [-0.1, -0.05) is 0 Å². The molecule has 1 N–H and O–H groups in total. The molecule has 1 unspecified atom stereocenters. The van der Waals surface area contributed by atoms with Gasteiger partial charge in [-0.3, -0.25) is 0 Å². The van der Waals surface area contributed by atoms with Gasteiger partial charge in [0.05, 0.1) is 13.2 Å². The first-order chi connectivity index (χ1) is 8.36. The third-order valence-corrected chi connectivity index (χ3v) is 3.29. The maximum Gasteiger partial charge on any atom is 0.0700 e. The summed E-state index contributed by atoms with van der Waals surface area (Å²) < 4.78 is 10.4. The molecule has 0 spiro atoms. The molecule has 0 aromatic heterocycles. The number of nitrogens with one attached hydrogen (secondary N) is 1. The minimum absolute atomic E-state index is 0.702. The SMILES string of the molecule is CNCC1CCCN(CCCOCCOC)C1. The highest BCUT2D eigenvalue weighted by molar-refractivity contribution is 4.73. The summed E-state index contributed by atoms with van der Waals surface area (Å²) in [7, 11) is 3.75. The summed E-state index contributed by atoms with van der Waals surface area (Å²) >= 11 is 0. The molecule has 4 nitrogen and oxygen atoms in total. The molecule has 4 heteroatoms. The summed E-state index contributed by atoms with van der Waals surface area (Å²) in [5.41, 5.74) is 0. The minimum atomic E-state index is 0.702. The molecule has 1 aliphatic rings. The summed E-state index contributed by atoms with van der Waals surface area (Å²) in [6.07, 6.45) is 3.86. The molecule has 1 saturated heterocycles. The van der Waals surface area contributed by atoms with Crippen LogP contribution in [0.15, 0.2) is 0 Å². The van der Waals surface area contributed by atoms with E-state index in [9.17, 15) is 0 Å². The van der Waals surface area contributed by atoms with Crippen molar-refractivity contribution < 1.29 is 9.47 Å². The van der Waals surface area contributed by atoms with Crippen molar-refractivity contribution in [3.05, 3.63) is 0 Å². The summed E-state index contributed by atoms with van der Waals surface area (Å²) in [4.78, 5) is 2.57. The molecule has 0 radical (unpaired) electrons. The van der Waals surface area contributed by atoms with Crippen molar-refractivity contribution in [3.8, 4) is 0 Å². The van der Waals surface area contributed by atoms with Crippen molar-refractivity contribution in [1.82, 2.24) is 10.2 Å². The Labute approximate surface area is 106 Å². The Balaban J connectivity index is 1.98. The van der Waals surface area contributed by atoms with E-state index in [1.54, 1.807) is 7.11 Å². The lowest BCUT2D eigenvalue weighted by atomic mass is 9.98. The summed E-state index contributed by atoms with van der Waals surface area (Å²) in [5.74, 6) is 0.836. The Hall–Kier alpha value is -0.160. The molecular formula is C13H28N2O2. The van der Waals surface area contributed by atoms with Crippen LogP contribution in [0.3, 0.4) is 0 Å². The Bertz CT molecular complexity index is 177. The van der Waals surface area contributed by atoms with Crippen LogP contribution in [0.2, 0.25) is 0 Å². The van der Waals surface area contributed by atoms with Gasteiger partial charge in [0.15, 0.2) is 0 Å². The van der Waals surface area contributed by atoms with E-state index in [-0.39, 0.29) is 0 Å². The first kappa shape index (κ1) is 14.9. The second-order valence-corrected chi connectivity index (χ2v) is 4.83. The Kier molecular flexibility index (Phi) is 8.61. The number of piperidine rings is 1. The second-order valence-electron chi connectivity index (χ2n) is 4.83. The van der Waals surface area contributed by atoms with Crippen molar-refractivity contribution in [1.29, 1.82) is 0 Å². The zero-order chi connectivity index (χ0) is 12.3. The van der Waals surface area contributed by atoms with Gasteiger partial charge in [-0.25, -0.2) is 0 Å². The monoisotopic (exact) mass is 244 g/mol. The normalized spacial score (nSPS) is 21.9. The van der Waals surface area contributed by atoms with Crippen molar-refractivity contribution in [2.45, 2.75) is 19.3 Å². The zero-order valence-corrected chi connectivity index (χ0v) is 11.4. The van der Waals surface area contributed by atoms with Gasteiger partial charge in [-0.2, -0.15) is 0 Å². The van der Waals surface area contributed by atoms with Crippen LogP contribution < -0.4 is 5.32 Å². The lowest BCUT2D eigenvalue weighted by Gasteiger charge is -2.32. The minimum Gasteiger partial charge on any atom is -0.382 e. The van der Waals surface area contributed by atoms with Crippen molar-refractivity contribution in [2.24, 2.45) is 5.92 Å². The maximum atomic E-state index is 5.48. The quantitative estimate of drug-likeness (QED) is 0.613. The topological polar surface area (TPSA) is 33.7 Å². The molecule has 0 bridgehead atoms. The predicted molar refractivity (Wildman–Crippen MR) is 70.4 cm³/mol. The number of likely N-dealkylation sites (tertiary alicyclic amines) is 1. The second kappa shape index (κ2) is 9.83. The number of ether oxygens (including phenoxy) is 2. The van der Waals surface area contributed by atoms with Crippen LogP contribution in [-0.2, 0) is 9.47 Å². The summed E-state index contributed by atoms with van der Waals surface area (Å²) in [5, 5.41) is 3.28. The van der Waals surface area contributed by atoms with Crippen LogP contribution in [0, 0.1) is 5.92 Å². The average molecular weight is 244 g/mol. The third-order valence-electron chi connectivity index (χ3n) is 3.29. The van der Waals surface area contributed by atoms with Gasteiger partial charge >= 0.3 is 0 Å². The van der Waals surface area contributed by atoms with E-state index in [2.05, 4.69) is 10.2 Å². The highest BCUT2D eigenvalue weighted by Crippen LogP contribution is 2.15. The highest BCUT2D eigenvalue weighted by atomic mass is 16.5. The fourth-order valence-corrected chi connectivity index (χ4v) is 2.44. The summed E-state index contributed by atoms with van der Waals surface area (Å²) in [6.45, 7) is 7.12. The van der Waals surface area contributed by atoms with Crippen molar-refractivity contribution >= 4 is 0 Å². The van der Waals surface area contributed by atoms with Gasteiger partial charge < -0.3 is 19.7 Å². The van der Waals surface area contributed by atoms with E-state index in [4.69, 9.17) is 9.47 Å². The fourth-order valence-electron chi connectivity index (χ4n) is 2.44. The van der Waals surface area contributed by atoms with Gasteiger partial charge in [0, 0.05) is 26.8 Å². The maximum absolute atomic E-state index is 5.48. The zero-order valence-electron chi connectivity index (χ0n) is 11.4. The predicted octanol–water partition coefficient (Wildman–Crippen LogP) is 0.971. The van der Waals surface area contributed by atoms with Crippen LogP contribution in [0.5, 0.6) is 0 Å². The van der Waals surface area contributed by atoms with E-state index in [1.165, 1.54) is 32.5 Å². The van der Waals surface area contributed by atoms with Gasteiger partial charge in [0.2, 0.25) is 0 Å². The molecule has 0 amide bonds. The van der Waals surface area contributed by atoms with Crippen molar-refractivity contribution in [2.75, 3.05) is 60.2 Å². The molecule has 0 aromatic rings. The Morgan fingerprint density at radius 1 is 1.29 bits per heavy atom. The summed E-state index contributed by atoms with van der Waals surface area (Å²) in [6, 6.07) is 0. The van der Waals surface area contributed by atoms with Crippen molar-refractivity contribution in [3.63, 3.8) is 0 Å². The number of hydrogen-bond donors (Lipinski definition) is 1. The molecule has 1 atom stereocenters. The largest absolute Gasteiger partial charge is 0.382 e. The van der Waals surface area contributed by atoms with E-state index in [1.807, 2.05) is 7.05 Å². The Morgan fingerprint density at radius 2 is 2.18 bits per heavy atom. The number of hydrogen-bond acceptors (Lipinski definition) is 4. The van der Waals surface area contributed by atoms with Crippen LogP contribution in [0.4, 0.5) is 0 Å². The highest BCUT2D eigenvalue weighted by Gasteiger charge is 2.18. The van der Waals surface area contributed by atoms with Gasteiger partial charge in [-0.05, 0) is 45.3 Å². The van der Waals surface area contributed by atoms with E-state index in [0.717, 1.165) is 32.1 Å². The fraction of sp³-hybridized carbons (Fsp3) is 1.00. The number of methoxy groups -OCH3 is 1. The number of nitrogens with zero attached hydrogens (tertiary/aromatic N) is 1. The van der Waals surface area contributed by atoms with Crippen LogP contribution in [0.1, 0.15) is 19.3 Å². The molecular weight excluding hydrogens is 216 g/mol. The first-order valence-electron chi connectivity index (χ1n) is 6.80. The number of rotatable bonds is 9. The standard InChI is InChI=1S/C13H28N2O2/c1-14-11-13-5-3-6-15(12-13)7-4-8-17-10-9-16-2/h13-14H,3-12H2,1-2H3. The lowest BCUT2D eigenvalue weighted by Crippen LogP contribution is -2.39. The molecule has 0 aromatic carbocycles. The third kappa shape index (κ3) is 6.99. The molecule has 1 heterocycles. The van der Waals surface area contributed by atoms with E-state index >= 15 is 0 Å². The molecule has 1 fully saturated rings. The molecule has 1 rings (SSSR count). The van der Waals surface area contributed by atoms with Crippen LogP contribution in [-0.4, -0.2) is 65.1 Å². The van der Waals surface area contributed by atoms with Crippen LogP contribution in [0.25, 0.3) is 0 Å². The first-order valence-corrected chi connectivity index (χ1v) is 6.80. The Morgan fingerprint density at radius 3 is 2.94 bits per heavy atom. The van der Waals surface area contributed by atoms with Crippen LogP contribution >= 0.6 is 0 Å². The van der Waals surface area contributed by atoms with E-state index in [0.29, 0.717) is 6.61 Å². The molecule has 0 saturated carbocycles. The molecule has 17 heavy (non-hydrogen) atoms. The van der Waals surface area contributed by atoms with Gasteiger partial charge in [-0.15, -0.1) is 0 Å². The average Bonchev–Trinajstić information content (AvgIpc) is 2.35. The molecule has 102 valence electrons. The van der Waals surface area contributed by atoms with Gasteiger partial charge in [0.25, 0.3) is 0 Å². The van der Waals surface area contributed by atoms with E-state index < -0.39 is 0 Å². The lowest BCUT2D eigenvalue weighted by molar-refractivity contribution is 0.0624. The smallest absolute Gasteiger partial charge is 0.0700 e. The molecule has 1 aliphatic heterocycles. The molecule has 0 aliphatic carbocycles.